The van der Waals surface area contributed by atoms with E-state index in [0.29, 0.717) is 11.8 Å². The van der Waals surface area contributed by atoms with Crippen molar-refractivity contribution in [2.45, 2.75) is 39.3 Å². The monoisotopic (exact) mass is 267 g/mol. The molecule has 0 bridgehead atoms. The first-order valence-electron chi connectivity index (χ1n) is 6.32. The van der Waals surface area contributed by atoms with Crippen LogP contribution in [-0.4, -0.2) is 38.6 Å². The van der Waals surface area contributed by atoms with E-state index in [4.69, 9.17) is 0 Å². The molecule has 0 saturated heterocycles. The highest BCUT2D eigenvalue weighted by Crippen LogP contribution is 2.30. The predicted molar refractivity (Wildman–Crippen MR) is 74.6 cm³/mol. The fourth-order valence-corrected chi connectivity index (χ4v) is 2.64. The van der Waals surface area contributed by atoms with E-state index in [1.54, 1.807) is 11.8 Å². The molecule has 0 spiro atoms. The van der Waals surface area contributed by atoms with Gasteiger partial charge in [-0.2, -0.15) is 16.9 Å². The van der Waals surface area contributed by atoms with Crippen molar-refractivity contribution in [3.05, 3.63) is 17.0 Å². The zero-order valence-corrected chi connectivity index (χ0v) is 12.4. The van der Waals surface area contributed by atoms with Crippen molar-refractivity contribution in [1.29, 1.82) is 0 Å². The SMILES string of the molecule is CSCC(=O)N(Cc1c(C)nn(C)c1C)C1CC1. The van der Waals surface area contributed by atoms with Gasteiger partial charge in [0.2, 0.25) is 5.91 Å². The second-order valence-corrected chi connectivity index (χ2v) is 5.82. The van der Waals surface area contributed by atoms with Gasteiger partial charge in [0.15, 0.2) is 0 Å². The Balaban J connectivity index is 2.16. The summed E-state index contributed by atoms with van der Waals surface area (Å²) in [6.07, 6.45) is 4.28. The van der Waals surface area contributed by atoms with Crippen LogP contribution >= 0.6 is 11.8 Å². The van der Waals surface area contributed by atoms with Crippen LogP contribution < -0.4 is 0 Å². The Morgan fingerprint density at radius 2 is 2.17 bits per heavy atom. The molecule has 0 atom stereocenters. The molecule has 1 aromatic heterocycles. The number of aryl methyl sites for hydroxylation is 2. The summed E-state index contributed by atoms with van der Waals surface area (Å²) in [5.74, 6) is 0.835. The van der Waals surface area contributed by atoms with E-state index >= 15 is 0 Å². The van der Waals surface area contributed by atoms with Crippen molar-refractivity contribution in [3.63, 3.8) is 0 Å². The molecule has 0 N–H and O–H groups in total. The Bertz CT molecular complexity index is 451. The molecule has 1 amide bonds. The summed E-state index contributed by atoms with van der Waals surface area (Å²) in [5.41, 5.74) is 3.41. The first-order valence-corrected chi connectivity index (χ1v) is 7.71. The van der Waals surface area contributed by atoms with Crippen LogP contribution in [0.15, 0.2) is 0 Å². The lowest BCUT2D eigenvalue weighted by molar-refractivity contribution is -0.129. The number of nitrogens with zero attached hydrogens (tertiary/aromatic N) is 3. The minimum atomic E-state index is 0.257. The molecule has 100 valence electrons. The number of hydrogen-bond acceptors (Lipinski definition) is 3. The molecule has 0 unspecified atom stereocenters. The number of rotatable bonds is 5. The standard InChI is InChI=1S/C13H21N3OS/c1-9-12(10(2)15(3)14-9)7-16(11-5-6-11)13(17)8-18-4/h11H,5-8H2,1-4H3. The van der Waals surface area contributed by atoms with Gasteiger partial charge in [-0.15, -0.1) is 0 Å². The molecular weight excluding hydrogens is 246 g/mol. The van der Waals surface area contributed by atoms with Gasteiger partial charge in [0.1, 0.15) is 0 Å². The van der Waals surface area contributed by atoms with Gasteiger partial charge in [-0.25, -0.2) is 0 Å². The van der Waals surface area contributed by atoms with E-state index in [2.05, 4.69) is 12.0 Å². The molecule has 0 radical (unpaired) electrons. The number of thioether (sulfide) groups is 1. The molecule has 1 aromatic rings. The zero-order valence-electron chi connectivity index (χ0n) is 11.6. The summed E-state index contributed by atoms with van der Waals surface area (Å²) in [6, 6.07) is 0.462. The Kier molecular flexibility index (Phi) is 4.00. The number of amides is 1. The van der Waals surface area contributed by atoms with E-state index < -0.39 is 0 Å². The molecule has 18 heavy (non-hydrogen) atoms. The first-order chi connectivity index (χ1) is 8.54. The Labute approximate surface area is 113 Å². The second kappa shape index (κ2) is 5.34. The molecular formula is C13H21N3OS. The third-order valence-corrected chi connectivity index (χ3v) is 4.10. The molecule has 5 heteroatoms. The van der Waals surface area contributed by atoms with E-state index in [-0.39, 0.29) is 5.91 Å². The lowest BCUT2D eigenvalue weighted by Crippen LogP contribution is -2.34. The topological polar surface area (TPSA) is 38.1 Å². The molecule has 4 nitrogen and oxygen atoms in total. The summed E-state index contributed by atoms with van der Waals surface area (Å²) in [6.45, 7) is 4.81. The average Bonchev–Trinajstić information content (AvgIpc) is 3.10. The van der Waals surface area contributed by atoms with Crippen LogP contribution in [0.2, 0.25) is 0 Å². The Morgan fingerprint density at radius 1 is 1.50 bits per heavy atom. The van der Waals surface area contributed by atoms with Crippen molar-refractivity contribution in [3.8, 4) is 0 Å². The van der Waals surface area contributed by atoms with Crippen LogP contribution in [0.3, 0.4) is 0 Å². The lowest BCUT2D eigenvalue weighted by Gasteiger charge is -2.22. The van der Waals surface area contributed by atoms with Crippen LogP contribution in [0.1, 0.15) is 29.8 Å². The van der Waals surface area contributed by atoms with Crippen LogP contribution in [-0.2, 0) is 18.4 Å². The minimum Gasteiger partial charge on any atom is -0.335 e. The summed E-state index contributed by atoms with van der Waals surface area (Å²) in [4.78, 5) is 14.2. The summed E-state index contributed by atoms with van der Waals surface area (Å²) < 4.78 is 1.90. The Hall–Kier alpha value is -0.970. The highest BCUT2D eigenvalue weighted by molar-refractivity contribution is 7.99. The summed E-state index contributed by atoms with van der Waals surface area (Å²) in [5, 5.41) is 4.42. The van der Waals surface area contributed by atoms with Crippen molar-refractivity contribution in [2.24, 2.45) is 7.05 Å². The average molecular weight is 267 g/mol. The van der Waals surface area contributed by atoms with Crippen LogP contribution in [0.25, 0.3) is 0 Å². The quantitative estimate of drug-likeness (QED) is 0.817. The van der Waals surface area contributed by atoms with Crippen molar-refractivity contribution in [2.75, 3.05) is 12.0 Å². The highest BCUT2D eigenvalue weighted by Gasteiger charge is 2.33. The van der Waals surface area contributed by atoms with E-state index in [0.717, 1.165) is 30.8 Å². The zero-order chi connectivity index (χ0) is 13.3. The van der Waals surface area contributed by atoms with Gasteiger partial charge in [-0.3, -0.25) is 9.48 Å². The van der Waals surface area contributed by atoms with Gasteiger partial charge in [-0.1, -0.05) is 0 Å². The lowest BCUT2D eigenvalue weighted by atomic mass is 10.2. The van der Waals surface area contributed by atoms with Gasteiger partial charge in [-0.05, 0) is 32.9 Å². The van der Waals surface area contributed by atoms with Gasteiger partial charge >= 0.3 is 0 Å². The number of hydrogen-bond donors (Lipinski definition) is 0. The number of carbonyl (C=O) groups excluding carboxylic acids is 1. The van der Waals surface area contributed by atoms with E-state index in [9.17, 15) is 4.79 Å². The maximum Gasteiger partial charge on any atom is 0.233 e. The molecule has 1 fully saturated rings. The molecule has 1 saturated carbocycles. The van der Waals surface area contributed by atoms with Crippen LogP contribution in [0.5, 0.6) is 0 Å². The van der Waals surface area contributed by atoms with E-state index in [1.807, 2.05) is 29.8 Å². The van der Waals surface area contributed by atoms with Crippen molar-refractivity contribution < 1.29 is 4.79 Å². The highest BCUT2D eigenvalue weighted by atomic mass is 32.2. The largest absolute Gasteiger partial charge is 0.335 e. The molecule has 1 heterocycles. The number of carbonyl (C=O) groups is 1. The molecule has 0 aromatic carbocycles. The first kappa shape index (κ1) is 13.5. The fourth-order valence-electron chi connectivity index (χ4n) is 2.23. The molecule has 2 rings (SSSR count). The van der Waals surface area contributed by atoms with Gasteiger partial charge < -0.3 is 4.90 Å². The maximum atomic E-state index is 12.1. The van der Waals surface area contributed by atoms with Crippen molar-refractivity contribution >= 4 is 17.7 Å². The van der Waals surface area contributed by atoms with Crippen LogP contribution in [0, 0.1) is 13.8 Å². The Morgan fingerprint density at radius 3 is 2.61 bits per heavy atom. The normalized spacial score (nSPS) is 14.9. The van der Waals surface area contributed by atoms with E-state index in [1.165, 1.54) is 5.56 Å². The fraction of sp³-hybridized carbons (Fsp3) is 0.692. The third kappa shape index (κ3) is 2.71. The predicted octanol–water partition coefficient (Wildman–Crippen LogP) is 1.89. The molecule has 1 aliphatic rings. The van der Waals surface area contributed by atoms with Gasteiger partial charge in [0, 0.05) is 30.9 Å². The molecule has 0 aliphatic heterocycles. The third-order valence-electron chi connectivity index (χ3n) is 3.56. The molecule has 1 aliphatic carbocycles. The van der Waals surface area contributed by atoms with Crippen molar-refractivity contribution in [1.82, 2.24) is 14.7 Å². The number of aromatic nitrogens is 2. The smallest absolute Gasteiger partial charge is 0.233 e. The van der Waals surface area contributed by atoms with Gasteiger partial charge in [0.05, 0.1) is 11.4 Å². The second-order valence-electron chi connectivity index (χ2n) is 4.96. The minimum absolute atomic E-state index is 0.257. The summed E-state index contributed by atoms with van der Waals surface area (Å²) >= 11 is 1.60. The van der Waals surface area contributed by atoms with Gasteiger partial charge in [0.25, 0.3) is 0 Å². The summed E-state index contributed by atoms with van der Waals surface area (Å²) in [7, 11) is 1.96. The van der Waals surface area contributed by atoms with Crippen LogP contribution in [0.4, 0.5) is 0 Å². The maximum absolute atomic E-state index is 12.1.